The van der Waals surface area contributed by atoms with Crippen molar-refractivity contribution in [3.63, 3.8) is 0 Å². The number of aryl methyl sites for hydroxylation is 1. The van der Waals surface area contributed by atoms with Gasteiger partial charge in [-0.05, 0) is 12.1 Å². The second-order valence-electron chi connectivity index (χ2n) is 3.04. The number of rotatable bonds is 3. The highest BCUT2D eigenvalue weighted by Crippen LogP contribution is 2.24. The Morgan fingerprint density at radius 3 is 2.50 bits per heavy atom. The number of aromatic nitrogens is 2. The van der Waals surface area contributed by atoms with Crippen molar-refractivity contribution >= 4 is 11.6 Å². The van der Waals surface area contributed by atoms with E-state index in [1.54, 1.807) is 0 Å². The van der Waals surface area contributed by atoms with Crippen molar-refractivity contribution in [1.29, 1.82) is 0 Å². The zero-order valence-corrected chi connectivity index (χ0v) is 8.84. The highest BCUT2D eigenvalue weighted by molar-refractivity contribution is 6.17. The van der Waals surface area contributed by atoms with E-state index in [1.807, 2.05) is 0 Å². The fourth-order valence-electron chi connectivity index (χ4n) is 1.24. The van der Waals surface area contributed by atoms with Crippen LogP contribution in [0.3, 0.4) is 0 Å². The number of halogens is 3. The maximum Gasteiger partial charge on any atom is 0.253 e. The van der Waals surface area contributed by atoms with Crippen LogP contribution < -0.4 is 0 Å². The molecule has 0 aliphatic heterocycles. The normalized spacial score (nSPS) is 10.7. The lowest BCUT2D eigenvalue weighted by Crippen LogP contribution is -1.89. The molecule has 0 N–H and O–H groups in total. The van der Waals surface area contributed by atoms with Crippen LogP contribution in [0.1, 0.15) is 5.89 Å². The van der Waals surface area contributed by atoms with Crippen LogP contribution in [-0.2, 0) is 6.42 Å². The van der Waals surface area contributed by atoms with E-state index >= 15 is 0 Å². The third-order valence-electron chi connectivity index (χ3n) is 1.95. The van der Waals surface area contributed by atoms with Crippen LogP contribution >= 0.6 is 11.6 Å². The van der Waals surface area contributed by atoms with Gasteiger partial charge < -0.3 is 4.42 Å². The molecule has 6 heteroatoms. The van der Waals surface area contributed by atoms with Gasteiger partial charge in [0, 0.05) is 12.3 Å². The van der Waals surface area contributed by atoms with Gasteiger partial charge in [0.15, 0.2) is 0 Å². The van der Waals surface area contributed by atoms with Crippen molar-refractivity contribution in [2.45, 2.75) is 6.42 Å². The smallest absolute Gasteiger partial charge is 0.253 e. The third-order valence-corrected chi connectivity index (χ3v) is 2.14. The zero-order valence-electron chi connectivity index (χ0n) is 8.08. The molecule has 1 aromatic heterocycles. The summed E-state index contributed by atoms with van der Waals surface area (Å²) in [5, 5.41) is 7.20. The first-order chi connectivity index (χ1) is 7.72. The maximum atomic E-state index is 13.3. The predicted molar refractivity (Wildman–Crippen MR) is 54.1 cm³/mol. The van der Waals surface area contributed by atoms with Crippen LogP contribution in [0.25, 0.3) is 11.5 Å². The maximum absolute atomic E-state index is 13.3. The van der Waals surface area contributed by atoms with Gasteiger partial charge in [0.25, 0.3) is 5.89 Å². The largest absolute Gasteiger partial charge is 0.420 e. The average molecular weight is 245 g/mol. The van der Waals surface area contributed by atoms with E-state index in [1.165, 1.54) is 6.07 Å². The van der Waals surface area contributed by atoms with Gasteiger partial charge in [-0.2, -0.15) is 0 Å². The van der Waals surface area contributed by atoms with Crippen LogP contribution in [0.15, 0.2) is 22.6 Å². The molecule has 0 aliphatic rings. The lowest BCUT2D eigenvalue weighted by molar-refractivity contribution is 0.501. The zero-order chi connectivity index (χ0) is 11.5. The highest BCUT2D eigenvalue weighted by atomic mass is 35.5. The van der Waals surface area contributed by atoms with Gasteiger partial charge in [0.2, 0.25) is 5.89 Å². The number of nitrogens with zero attached hydrogens (tertiary/aromatic N) is 2. The molecule has 2 aromatic rings. The van der Waals surface area contributed by atoms with E-state index < -0.39 is 11.6 Å². The van der Waals surface area contributed by atoms with Crippen LogP contribution in [-0.4, -0.2) is 16.1 Å². The second-order valence-corrected chi connectivity index (χ2v) is 3.41. The molecule has 0 radical (unpaired) electrons. The van der Waals surface area contributed by atoms with Crippen LogP contribution in [0, 0.1) is 11.6 Å². The van der Waals surface area contributed by atoms with Gasteiger partial charge in [0.05, 0.1) is 0 Å². The number of hydrogen-bond acceptors (Lipinski definition) is 3. The minimum Gasteiger partial charge on any atom is -0.420 e. The molecule has 2 rings (SSSR count). The van der Waals surface area contributed by atoms with Gasteiger partial charge in [-0.1, -0.05) is 6.07 Å². The fourth-order valence-corrected chi connectivity index (χ4v) is 1.40. The molecule has 0 bridgehead atoms. The molecular formula is C10H7ClF2N2O. The molecule has 1 aromatic carbocycles. The van der Waals surface area contributed by atoms with E-state index in [-0.39, 0.29) is 17.3 Å². The summed E-state index contributed by atoms with van der Waals surface area (Å²) in [6.45, 7) is 0. The Labute approximate surface area is 95.1 Å². The molecule has 0 aliphatic carbocycles. The summed E-state index contributed by atoms with van der Waals surface area (Å²) in [7, 11) is 0. The van der Waals surface area contributed by atoms with Crippen molar-refractivity contribution in [3.8, 4) is 11.5 Å². The predicted octanol–water partition coefficient (Wildman–Crippen LogP) is 2.80. The molecule has 1 heterocycles. The Morgan fingerprint density at radius 2 is 1.88 bits per heavy atom. The van der Waals surface area contributed by atoms with Crippen molar-refractivity contribution in [2.75, 3.05) is 5.88 Å². The first kappa shape index (κ1) is 11.0. The second kappa shape index (κ2) is 4.57. The molecule has 3 nitrogen and oxygen atoms in total. The molecule has 0 unspecified atom stereocenters. The van der Waals surface area contributed by atoms with Gasteiger partial charge in [0.1, 0.15) is 17.2 Å². The van der Waals surface area contributed by atoms with Gasteiger partial charge in [-0.15, -0.1) is 21.8 Å². The average Bonchev–Trinajstić information content (AvgIpc) is 2.67. The molecule has 0 amide bonds. The minimum atomic E-state index is -0.735. The third kappa shape index (κ3) is 2.04. The van der Waals surface area contributed by atoms with Crippen LogP contribution in [0.2, 0.25) is 0 Å². The summed E-state index contributed by atoms with van der Waals surface area (Å²) >= 11 is 5.48. The molecule has 84 valence electrons. The van der Waals surface area contributed by atoms with Crippen LogP contribution in [0.4, 0.5) is 8.78 Å². The molecular weight excluding hydrogens is 238 g/mol. The Balaban J connectivity index is 2.42. The number of benzene rings is 1. The number of alkyl halides is 1. The molecule has 0 saturated carbocycles. The first-order valence-corrected chi connectivity index (χ1v) is 5.08. The summed E-state index contributed by atoms with van der Waals surface area (Å²) in [5.41, 5.74) is -0.309. The van der Waals surface area contributed by atoms with Crippen molar-refractivity contribution in [3.05, 3.63) is 35.7 Å². The van der Waals surface area contributed by atoms with E-state index in [4.69, 9.17) is 16.0 Å². The Hall–Kier alpha value is -1.49. The van der Waals surface area contributed by atoms with Gasteiger partial charge >= 0.3 is 0 Å². The molecule has 0 fully saturated rings. The minimum absolute atomic E-state index is 0.171. The Morgan fingerprint density at radius 1 is 1.19 bits per heavy atom. The summed E-state index contributed by atoms with van der Waals surface area (Å²) in [6, 6.07) is 3.53. The van der Waals surface area contributed by atoms with E-state index in [2.05, 4.69) is 10.2 Å². The molecule has 0 atom stereocenters. The SMILES string of the molecule is Fc1cccc(F)c1-c1nnc(CCCl)o1. The Bertz CT molecular complexity index is 481. The molecule has 16 heavy (non-hydrogen) atoms. The molecule has 0 spiro atoms. The molecule has 0 saturated heterocycles. The van der Waals surface area contributed by atoms with Crippen molar-refractivity contribution in [2.24, 2.45) is 0 Å². The standard InChI is InChI=1S/C10H7ClF2N2O/c11-5-4-8-14-15-10(16-8)9-6(12)2-1-3-7(9)13/h1-3H,4-5H2. The topological polar surface area (TPSA) is 38.9 Å². The van der Waals surface area contributed by atoms with Crippen LogP contribution in [0.5, 0.6) is 0 Å². The summed E-state index contributed by atoms with van der Waals surface area (Å²) < 4.78 is 31.8. The summed E-state index contributed by atoms with van der Waals surface area (Å²) in [5.74, 6) is -1.08. The summed E-state index contributed by atoms with van der Waals surface area (Å²) in [4.78, 5) is 0. The highest BCUT2D eigenvalue weighted by Gasteiger charge is 2.17. The van der Waals surface area contributed by atoms with Crippen molar-refractivity contribution in [1.82, 2.24) is 10.2 Å². The van der Waals surface area contributed by atoms with Gasteiger partial charge in [-0.25, -0.2) is 8.78 Å². The monoisotopic (exact) mass is 244 g/mol. The Kier molecular flexibility index (Phi) is 3.14. The fraction of sp³-hybridized carbons (Fsp3) is 0.200. The van der Waals surface area contributed by atoms with E-state index in [9.17, 15) is 8.78 Å². The lowest BCUT2D eigenvalue weighted by Gasteiger charge is -1.98. The summed E-state index contributed by atoms with van der Waals surface area (Å²) in [6.07, 6.45) is 0.366. The van der Waals surface area contributed by atoms with Crippen molar-refractivity contribution < 1.29 is 13.2 Å². The van der Waals surface area contributed by atoms with Gasteiger partial charge in [-0.3, -0.25) is 0 Å². The first-order valence-electron chi connectivity index (χ1n) is 4.55. The van der Waals surface area contributed by atoms with E-state index in [0.717, 1.165) is 12.1 Å². The van der Waals surface area contributed by atoms with E-state index in [0.29, 0.717) is 12.3 Å². The number of hydrogen-bond donors (Lipinski definition) is 0. The lowest BCUT2D eigenvalue weighted by atomic mass is 10.2. The quantitative estimate of drug-likeness (QED) is 0.780.